The van der Waals surface area contributed by atoms with Crippen LogP contribution in [0.4, 0.5) is 5.69 Å². The monoisotopic (exact) mass is 262 g/mol. The lowest BCUT2D eigenvalue weighted by Crippen LogP contribution is -2.43. The maximum absolute atomic E-state index is 5.12. The molecule has 0 aromatic heterocycles. The molecule has 3 heteroatoms. The number of para-hydroxylation sites is 1. The molecule has 0 atom stereocenters. The van der Waals surface area contributed by atoms with Crippen LogP contribution in [0.15, 0.2) is 30.3 Å². The summed E-state index contributed by atoms with van der Waals surface area (Å²) >= 11 is 0. The quantitative estimate of drug-likeness (QED) is 0.733. The van der Waals surface area contributed by atoms with E-state index < -0.39 is 0 Å². The molecule has 0 spiro atoms. The van der Waals surface area contributed by atoms with Crippen LogP contribution in [0.5, 0.6) is 0 Å². The van der Waals surface area contributed by atoms with Crippen molar-refractivity contribution in [2.45, 2.75) is 25.3 Å². The fraction of sp³-hybridized carbons (Fsp3) is 0.625. The number of likely N-dealkylation sites (tertiary alicyclic amines) is 1. The summed E-state index contributed by atoms with van der Waals surface area (Å²) in [6.45, 7) is 4.48. The van der Waals surface area contributed by atoms with E-state index in [2.05, 4.69) is 47.2 Å². The smallest absolute Gasteiger partial charge is 0.0474 e. The van der Waals surface area contributed by atoms with Gasteiger partial charge in [-0.05, 0) is 31.4 Å². The Morgan fingerprint density at radius 1 is 1.21 bits per heavy atom. The molecule has 0 amide bonds. The molecule has 1 aromatic rings. The van der Waals surface area contributed by atoms with Crippen LogP contribution >= 0.6 is 0 Å². The fourth-order valence-electron chi connectivity index (χ4n) is 2.84. The molecule has 0 unspecified atom stereocenters. The predicted octanol–water partition coefficient (Wildman–Crippen LogP) is 2.62. The number of nitrogens with zero attached hydrogens (tertiary/aromatic N) is 2. The maximum atomic E-state index is 5.12. The van der Waals surface area contributed by atoms with Crippen molar-refractivity contribution in [3.05, 3.63) is 30.3 Å². The number of hydrogen-bond acceptors (Lipinski definition) is 3. The second-order valence-corrected chi connectivity index (χ2v) is 5.37. The molecule has 0 N–H and O–H groups in total. The van der Waals surface area contributed by atoms with Crippen LogP contribution in [0.2, 0.25) is 0 Å². The van der Waals surface area contributed by atoms with Crippen LogP contribution in [0.1, 0.15) is 19.3 Å². The standard InChI is InChI=1S/C16H26N2O/c1-17(15-7-4-3-5-8-15)16-9-12-18(13-10-16)11-6-14-19-2/h3-5,7-8,16H,6,9-14H2,1-2H3. The van der Waals surface area contributed by atoms with E-state index in [4.69, 9.17) is 4.74 Å². The van der Waals surface area contributed by atoms with Crippen molar-refractivity contribution >= 4 is 5.69 Å². The molecular weight excluding hydrogens is 236 g/mol. The summed E-state index contributed by atoms with van der Waals surface area (Å²) in [6, 6.07) is 11.4. The lowest BCUT2D eigenvalue weighted by atomic mass is 10.0. The Kier molecular flexibility index (Phi) is 5.67. The van der Waals surface area contributed by atoms with Gasteiger partial charge in [0.1, 0.15) is 0 Å². The molecule has 1 heterocycles. The van der Waals surface area contributed by atoms with Crippen LogP contribution < -0.4 is 4.90 Å². The second kappa shape index (κ2) is 7.51. The van der Waals surface area contributed by atoms with E-state index in [1.807, 2.05) is 0 Å². The molecule has 106 valence electrons. The molecule has 0 saturated carbocycles. The van der Waals surface area contributed by atoms with Crippen molar-refractivity contribution < 1.29 is 4.74 Å². The van der Waals surface area contributed by atoms with E-state index in [0.29, 0.717) is 6.04 Å². The summed E-state index contributed by atoms with van der Waals surface area (Å²) in [5.74, 6) is 0. The van der Waals surface area contributed by atoms with E-state index in [1.54, 1.807) is 7.11 Å². The summed E-state index contributed by atoms with van der Waals surface area (Å²) < 4.78 is 5.12. The first-order valence-corrected chi connectivity index (χ1v) is 7.30. The highest BCUT2D eigenvalue weighted by Crippen LogP contribution is 2.21. The molecule has 0 radical (unpaired) electrons. The van der Waals surface area contributed by atoms with Gasteiger partial charge in [-0.3, -0.25) is 0 Å². The molecular formula is C16H26N2O. The van der Waals surface area contributed by atoms with Crippen molar-refractivity contribution in [3.8, 4) is 0 Å². The first-order chi connectivity index (χ1) is 9.31. The molecule has 1 aliphatic heterocycles. The van der Waals surface area contributed by atoms with Crippen LogP contribution in [-0.4, -0.2) is 51.3 Å². The molecule has 0 aliphatic carbocycles. The van der Waals surface area contributed by atoms with E-state index in [9.17, 15) is 0 Å². The lowest BCUT2D eigenvalue weighted by molar-refractivity contribution is 0.157. The van der Waals surface area contributed by atoms with Crippen LogP contribution in [0.25, 0.3) is 0 Å². The summed E-state index contributed by atoms with van der Waals surface area (Å²) in [4.78, 5) is 5.00. The molecule has 2 rings (SSSR count). The minimum Gasteiger partial charge on any atom is -0.385 e. The normalized spacial score (nSPS) is 17.6. The lowest BCUT2D eigenvalue weighted by Gasteiger charge is -2.37. The Labute approximate surface area is 117 Å². The summed E-state index contributed by atoms with van der Waals surface area (Å²) in [7, 11) is 4.00. The topological polar surface area (TPSA) is 15.7 Å². The predicted molar refractivity (Wildman–Crippen MR) is 80.8 cm³/mol. The molecule has 1 aliphatic rings. The van der Waals surface area contributed by atoms with Gasteiger partial charge in [0.05, 0.1) is 0 Å². The van der Waals surface area contributed by atoms with Gasteiger partial charge in [0.25, 0.3) is 0 Å². The van der Waals surface area contributed by atoms with Gasteiger partial charge < -0.3 is 14.5 Å². The number of piperidine rings is 1. The molecule has 1 fully saturated rings. The third-order valence-corrected chi connectivity index (χ3v) is 4.09. The number of hydrogen-bond donors (Lipinski definition) is 0. The van der Waals surface area contributed by atoms with Gasteiger partial charge in [-0.25, -0.2) is 0 Å². The summed E-state index contributed by atoms with van der Waals surface area (Å²) in [5.41, 5.74) is 1.33. The molecule has 0 bridgehead atoms. The molecule has 3 nitrogen and oxygen atoms in total. The largest absolute Gasteiger partial charge is 0.385 e. The van der Waals surface area contributed by atoms with Crippen molar-refractivity contribution in [2.24, 2.45) is 0 Å². The molecule has 19 heavy (non-hydrogen) atoms. The highest BCUT2D eigenvalue weighted by molar-refractivity contribution is 5.46. The Morgan fingerprint density at radius 2 is 1.89 bits per heavy atom. The third kappa shape index (κ3) is 4.22. The first-order valence-electron chi connectivity index (χ1n) is 7.30. The van der Waals surface area contributed by atoms with Crippen LogP contribution in [0, 0.1) is 0 Å². The Bertz CT molecular complexity index is 347. The minimum absolute atomic E-state index is 0.682. The SMILES string of the molecule is COCCCN1CCC(N(C)c2ccccc2)CC1. The summed E-state index contributed by atoms with van der Waals surface area (Å²) in [6.07, 6.45) is 3.67. The summed E-state index contributed by atoms with van der Waals surface area (Å²) in [5, 5.41) is 0. The third-order valence-electron chi connectivity index (χ3n) is 4.09. The Balaban J connectivity index is 1.77. The van der Waals surface area contributed by atoms with Crippen molar-refractivity contribution in [1.82, 2.24) is 4.90 Å². The highest BCUT2D eigenvalue weighted by Gasteiger charge is 2.22. The zero-order chi connectivity index (χ0) is 13.5. The van der Waals surface area contributed by atoms with Crippen molar-refractivity contribution in [1.29, 1.82) is 0 Å². The van der Waals surface area contributed by atoms with Crippen LogP contribution in [-0.2, 0) is 4.74 Å². The van der Waals surface area contributed by atoms with Crippen LogP contribution in [0.3, 0.4) is 0 Å². The zero-order valence-corrected chi connectivity index (χ0v) is 12.2. The number of rotatable bonds is 6. The minimum atomic E-state index is 0.682. The first kappa shape index (κ1) is 14.4. The van der Waals surface area contributed by atoms with Gasteiger partial charge in [0, 0.05) is 52.1 Å². The van der Waals surface area contributed by atoms with E-state index in [1.165, 1.54) is 38.2 Å². The van der Waals surface area contributed by atoms with Crippen molar-refractivity contribution in [2.75, 3.05) is 45.3 Å². The second-order valence-electron chi connectivity index (χ2n) is 5.37. The van der Waals surface area contributed by atoms with E-state index in [0.717, 1.165) is 13.0 Å². The number of ether oxygens (including phenoxy) is 1. The zero-order valence-electron chi connectivity index (χ0n) is 12.2. The van der Waals surface area contributed by atoms with E-state index in [-0.39, 0.29) is 0 Å². The Hall–Kier alpha value is -1.06. The Morgan fingerprint density at radius 3 is 2.53 bits per heavy atom. The number of benzene rings is 1. The van der Waals surface area contributed by atoms with Gasteiger partial charge in [-0.1, -0.05) is 18.2 Å². The van der Waals surface area contributed by atoms with Gasteiger partial charge in [0.15, 0.2) is 0 Å². The van der Waals surface area contributed by atoms with Gasteiger partial charge in [-0.15, -0.1) is 0 Å². The molecule has 1 saturated heterocycles. The van der Waals surface area contributed by atoms with E-state index >= 15 is 0 Å². The maximum Gasteiger partial charge on any atom is 0.0474 e. The van der Waals surface area contributed by atoms with Gasteiger partial charge in [-0.2, -0.15) is 0 Å². The number of anilines is 1. The average Bonchev–Trinajstić information content (AvgIpc) is 2.48. The number of methoxy groups -OCH3 is 1. The average molecular weight is 262 g/mol. The fourth-order valence-corrected chi connectivity index (χ4v) is 2.84. The van der Waals surface area contributed by atoms with Crippen molar-refractivity contribution in [3.63, 3.8) is 0 Å². The highest BCUT2D eigenvalue weighted by atomic mass is 16.5. The molecule has 1 aromatic carbocycles. The van der Waals surface area contributed by atoms with Gasteiger partial charge >= 0.3 is 0 Å². The van der Waals surface area contributed by atoms with Gasteiger partial charge in [0.2, 0.25) is 0 Å².